The molecule has 11 aromatic rings. The zero-order valence-electron chi connectivity index (χ0n) is 34.3. The van der Waals surface area contributed by atoms with Gasteiger partial charge in [0.1, 0.15) is 11.2 Å². The molecule has 0 saturated heterocycles. The molecule has 0 saturated carbocycles. The molecule has 9 aromatic carbocycles. The van der Waals surface area contributed by atoms with Crippen LogP contribution < -0.4 is 0 Å². The summed E-state index contributed by atoms with van der Waals surface area (Å²) in [5, 5.41) is 9.37. The quantitative estimate of drug-likeness (QED) is 0.167. The van der Waals surface area contributed by atoms with E-state index >= 15 is 0 Å². The Morgan fingerprint density at radius 2 is 0.745 bits per heavy atom. The predicted octanol–water partition coefficient (Wildman–Crippen LogP) is 13.6. The first-order valence-electron chi connectivity index (χ1n) is 20.6. The van der Waals surface area contributed by atoms with Crippen molar-refractivity contribution in [2.45, 2.75) is 0 Å². The number of hydrogen-bond acceptors (Lipinski definition) is 4. The molecule has 0 spiro atoms. The summed E-state index contributed by atoms with van der Waals surface area (Å²) in [5.41, 5.74) is 6.34. The topological polar surface area (TPSA) is 51.8 Å². The molecule has 2 heterocycles. The van der Waals surface area contributed by atoms with Crippen molar-refractivity contribution >= 4 is 54.3 Å². The van der Waals surface area contributed by atoms with Gasteiger partial charge in [0.25, 0.3) is 0 Å². The molecule has 0 radical (unpaired) electrons. The lowest BCUT2D eigenvalue weighted by atomic mass is 9.92. The maximum Gasteiger partial charge on any atom is 0.164 e. The summed E-state index contributed by atoms with van der Waals surface area (Å²) in [6.07, 6.45) is 0. The molecule has 0 aliphatic carbocycles. The number of rotatable bonds is 5. The Balaban J connectivity index is 1.01. The number of hydrogen-bond donors (Lipinski definition) is 0. The normalized spacial score (nSPS) is 12.9. The van der Waals surface area contributed by atoms with Gasteiger partial charge in [0, 0.05) is 27.5 Å². The number of nitrogens with zero attached hydrogens (tertiary/aromatic N) is 3. The van der Waals surface area contributed by atoms with E-state index < -0.39 is 18.1 Å². The molecule has 0 unspecified atom stereocenters. The van der Waals surface area contributed by atoms with Gasteiger partial charge in [-0.05, 0) is 91.0 Å². The average Bonchev–Trinajstić information content (AvgIpc) is 3.68. The Morgan fingerprint density at radius 1 is 0.309 bits per heavy atom. The largest absolute Gasteiger partial charge is 0.456 e. The van der Waals surface area contributed by atoms with E-state index in [9.17, 15) is 0 Å². The first kappa shape index (κ1) is 26.4. The van der Waals surface area contributed by atoms with E-state index in [-0.39, 0.29) is 17.6 Å². The monoisotopic (exact) mass is 706 g/mol. The van der Waals surface area contributed by atoms with E-state index in [0.29, 0.717) is 34.2 Å². The molecule has 4 nitrogen and oxygen atoms in total. The third-order valence-corrected chi connectivity index (χ3v) is 10.4. The number of aromatic nitrogens is 3. The molecule has 0 amide bonds. The summed E-state index contributed by atoms with van der Waals surface area (Å²) in [6, 6.07) is 51.2. The first-order chi connectivity index (χ1) is 29.3. The van der Waals surface area contributed by atoms with E-state index in [1.807, 2.05) is 54.6 Å². The van der Waals surface area contributed by atoms with Gasteiger partial charge in [-0.1, -0.05) is 152 Å². The van der Waals surface area contributed by atoms with Crippen molar-refractivity contribution in [1.82, 2.24) is 15.0 Å². The zero-order chi connectivity index (χ0) is 40.6. The van der Waals surface area contributed by atoms with Crippen LogP contribution in [0.2, 0.25) is 0 Å². The number of benzene rings is 9. The van der Waals surface area contributed by atoms with Gasteiger partial charge in [0.15, 0.2) is 17.5 Å². The van der Waals surface area contributed by atoms with Crippen LogP contribution in [-0.2, 0) is 0 Å². The second-order valence-corrected chi connectivity index (χ2v) is 13.6. The Hall–Kier alpha value is -7.43. The van der Waals surface area contributed by atoms with Gasteiger partial charge in [-0.15, -0.1) is 0 Å². The highest BCUT2D eigenvalue weighted by atomic mass is 16.3. The minimum absolute atomic E-state index is 0.113. The predicted molar refractivity (Wildman–Crippen MR) is 227 cm³/mol. The summed E-state index contributed by atoms with van der Waals surface area (Å²) >= 11 is 0. The summed E-state index contributed by atoms with van der Waals surface area (Å²) in [6.45, 7) is 0. The van der Waals surface area contributed by atoms with Crippen LogP contribution in [0.25, 0.3) is 111 Å². The minimum atomic E-state index is -0.436. The molecule has 0 bridgehead atoms. The maximum absolute atomic E-state index is 8.56. The van der Waals surface area contributed by atoms with E-state index in [1.165, 1.54) is 32.3 Å². The van der Waals surface area contributed by atoms with E-state index in [1.54, 1.807) is 18.2 Å². The molecular formula is C51H31N3O. The second kappa shape index (κ2) is 12.6. The highest BCUT2D eigenvalue weighted by Gasteiger charge is 2.16. The zero-order valence-corrected chi connectivity index (χ0v) is 29.3. The number of furan rings is 1. The van der Waals surface area contributed by atoms with Gasteiger partial charge in [-0.2, -0.15) is 0 Å². The third-order valence-electron chi connectivity index (χ3n) is 10.4. The molecule has 0 aliphatic rings. The number of fused-ring (bicyclic) bond motifs is 9. The Labute approximate surface area is 324 Å². The van der Waals surface area contributed by atoms with Gasteiger partial charge < -0.3 is 4.42 Å². The van der Waals surface area contributed by atoms with Crippen molar-refractivity contribution in [3.8, 4) is 56.4 Å². The summed E-state index contributed by atoms with van der Waals surface area (Å²) in [7, 11) is 0. The fourth-order valence-corrected chi connectivity index (χ4v) is 7.74. The lowest BCUT2D eigenvalue weighted by molar-refractivity contribution is 0.669. The van der Waals surface area contributed by atoms with Crippen LogP contribution in [0.15, 0.2) is 192 Å². The van der Waals surface area contributed by atoms with Crippen LogP contribution in [0.4, 0.5) is 0 Å². The van der Waals surface area contributed by atoms with Crippen molar-refractivity contribution in [2.24, 2.45) is 0 Å². The molecule has 11 rings (SSSR count). The summed E-state index contributed by atoms with van der Waals surface area (Å²) in [4.78, 5) is 14.7. The summed E-state index contributed by atoms with van der Waals surface area (Å²) in [5.74, 6) is 1.28. The van der Waals surface area contributed by atoms with Crippen molar-refractivity contribution in [3.05, 3.63) is 188 Å². The first-order valence-corrected chi connectivity index (χ1v) is 18.1. The van der Waals surface area contributed by atoms with Crippen LogP contribution >= 0.6 is 0 Å². The molecule has 2 aromatic heterocycles. The van der Waals surface area contributed by atoms with Gasteiger partial charge >= 0.3 is 0 Å². The lowest BCUT2D eigenvalue weighted by Gasteiger charge is -2.12. The standard InChI is InChI=1S/C51H31N3O/c1-3-12-32(13-4-1)34-16-11-17-37(28-34)50-52-49(33-14-5-2-6-15-33)53-51(54-50)38-24-27-45-44-26-23-36(30-47(44)55-48(45)31-38)35-22-25-43-41-20-8-7-18-39(41)40-19-9-10-21-42(40)46(43)29-35/h1-31H/i1D,3D,4D,12D,13D. The van der Waals surface area contributed by atoms with Crippen LogP contribution in [-0.4, -0.2) is 15.0 Å². The molecule has 55 heavy (non-hydrogen) atoms. The van der Waals surface area contributed by atoms with Crippen LogP contribution in [0, 0.1) is 0 Å². The van der Waals surface area contributed by atoms with E-state index in [4.69, 9.17) is 26.2 Å². The lowest BCUT2D eigenvalue weighted by Crippen LogP contribution is -2.00. The Bertz CT molecular complexity index is 3500. The average molecular weight is 707 g/mol. The van der Waals surface area contributed by atoms with Crippen molar-refractivity contribution in [3.63, 3.8) is 0 Å². The van der Waals surface area contributed by atoms with Gasteiger partial charge in [-0.3, -0.25) is 0 Å². The van der Waals surface area contributed by atoms with Gasteiger partial charge in [0.2, 0.25) is 0 Å². The molecule has 0 aliphatic heterocycles. The molecule has 256 valence electrons. The third kappa shape index (κ3) is 5.34. The maximum atomic E-state index is 8.56. The Morgan fingerprint density at radius 3 is 1.40 bits per heavy atom. The van der Waals surface area contributed by atoms with E-state index in [0.717, 1.165) is 38.6 Å². The molecule has 0 atom stereocenters. The minimum Gasteiger partial charge on any atom is -0.456 e. The fourth-order valence-electron chi connectivity index (χ4n) is 7.74. The SMILES string of the molecule is [2H]c1c([2H])c([2H])c(-c2cccc(-c3nc(-c4ccccc4)nc(-c4ccc5c(c4)oc4cc(-c6ccc7c8ccccc8c8ccccc8c7c6)ccc45)n3)c2)c([2H])c1[2H]. The van der Waals surface area contributed by atoms with Crippen LogP contribution in [0.5, 0.6) is 0 Å². The molecular weight excluding hydrogens is 671 g/mol. The molecule has 4 heteroatoms. The van der Waals surface area contributed by atoms with Crippen LogP contribution in [0.1, 0.15) is 6.85 Å². The van der Waals surface area contributed by atoms with Crippen molar-refractivity contribution in [1.29, 1.82) is 0 Å². The smallest absolute Gasteiger partial charge is 0.164 e. The molecule has 0 fully saturated rings. The van der Waals surface area contributed by atoms with Crippen molar-refractivity contribution < 1.29 is 11.3 Å². The van der Waals surface area contributed by atoms with E-state index in [2.05, 4.69) is 84.9 Å². The Kier molecular flexibility index (Phi) is 6.04. The highest BCUT2D eigenvalue weighted by Crippen LogP contribution is 2.39. The highest BCUT2D eigenvalue weighted by molar-refractivity contribution is 6.25. The summed E-state index contributed by atoms with van der Waals surface area (Å²) < 4.78 is 48.2. The van der Waals surface area contributed by atoms with Crippen molar-refractivity contribution in [2.75, 3.05) is 0 Å². The molecule has 0 N–H and O–H groups in total. The van der Waals surface area contributed by atoms with Gasteiger partial charge in [-0.25, -0.2) is 15.0 Å². The van der Waals surface area contributed by atoms with Gasteiger partial charge in [0.05, 0.1) is 6.85 Å². The second-order valence-electron chi connectivity index (χ2n) is 13.6. The fraction of sp³-hybridized carbons (Fsp3) is 0. The van der Waals surface area contributed by atoms with Crippen LogP contribution in [0.3, 0.4) is 0 Å².